The molecule has 1 aliphatic rings. The zero-order valence-corrected chi connectivity index (χ0v) is 13.0. The Kier molecular flexibility index (Phi) is 3.97. The fraction of sp³-hybridized carbons (Fsp3) is 0.0667. The van der Waals surface area contributed by atoms with Crippen molar-refractivity contribution in [1.29, 1.82) is 0 Å². The van der Waals surface area contributed by atoms with Crippen LogP contribution in [0.15, 0.2) is 39.7 Å². The highest BCUT2D eigenvalue weighted by molar-refractivity contribution is 7.80. The molecular formula is C15H8ClN2O4S-. The Balaban J connectivity index is 1.89. The summed E-state index contributed by atoms with van der Waals surface area (Å²) in [5.74, 6) is -0.798. The summed E-state index contributed by atoms with van der Waals surface area (Å²) in [4.78, 5) is 26.4. The molecule has 0 radical (unpaired) electrons. The maximum atomic E-state index is 11.6. The molecule has 23 heavy (non-hydrogen) atoms. The van der Waals surface area contributed by atoms with Crippen molar-refractivity contribution in [2.45, 2.75) is 6.42 Å². The molecule has 2 aromatic rings. The second-order valence-corrected chi connectivity index (χ2v) is 5.54. The molecule has 116 valence electrons. The molecular weight excluding hydrogens is 340 g/mol. The Hall–Kier alpha value is -2.51. The van der Waals surface area contributed by atoms with E-state index in [2.05, 4.69) is 10.3 Å². The van der Waals surface area contributed by atoms with Crippen molar-refractivity contribution in [2.75, 3.05) is 0 Å². The number of carboxylic acids is 1. The number of nitrogens with zero attached hydrogens (tertiary/aromatic N) is 1. The number of benzene rings is 1. The van der Waals surface area contributed by atoms with Crippen LogP contribution in [-0.4, -0.2) is 22.7 Å². The number of hydrogen-bond donors (Lipinski definition) is 1. The van der Waals surface area contributed by atoms with Gasteiger partial charge in [-0.2, -0.15) is 0 Å². The van der Waals surface area contributed by atoms with Crippen LogP contribution in [-0.2, 0) is 11.2 Å². The Morgan fingerprint density at radius 3 is 2.78 bits per heavy atom. The number of carbonyl (C=O) groups excluding carboxylic acids is 2. The zero-order valence-electron chi connectivity index (χ0n) is 11.5. The quantitative estimate of drug-likeness (QED) is 0.843. The van der Waals surface area contributed by atoms with Crippen LogP contribution >= 0.6 is 23.8 Å². The molecule has 2 heterocycles. The van der Waals surface area contributed by atoms with E-state index in [1.807, 2.05) is 0 Å². The second kappa shape index (κ2) is 5.94. The summed E-state index contributed by atoms with van der Waals surface area (Å²) >= 11 is 10.9. The lowest BCUT2D eigenvalue weighted by atomic mass is 10.1. The highest BCUT2D eigenvalue weighted by atomic mass is 35.5. The molecule has 6 nitrogen and oxygen atoms in total. The molecule has 0 saturated carbocycles. The van der Waals surface area contributed by atoms with Crippen LogP contribution < -0.4 is 10.4 Å². The fourth-order valence-corrected chi connectivity index (χ4v) is 2.53. The van der Waals surface area contributed by atoms with Gasteiger partial charge in [-0.3, -0.25) is 10.1 Å². The van der Waals surface area contributed by atoms with Crippen LogP contribution in [0.4, 0.5) is 0 Å². The van der Waals surface area contributed by atoms with E-state index in [0.29, 0.717) is 22.1 Å². The molecule has 1 aromatic heterocycles. The number of aliphatic imine (C=N–C) groups is 1. The molecule has 1 N–H and O–H groups in total. The van der Waals surface area contributed by atoms with Crippen LogP contribution in [0.3, 0.4) is 0 Å². The molecule has 8 heteroatoms. The van der Waals surface area contributed by atoms with E-state index in [4.69, 9.17) is 28.2 Å². The summed E-state index contributed by atoms with van der Waals surface area (Å²) in [6.07, 6.45) is 0.170. The van der Waals surface area contributed by atoms with Gasteiger partial charge < -0.3 is 14.3 Å². The summed E-state index contributed by atoms with van der Waals surface area (Å²) in [6.45, 7) is 0. The largest absolute Gasteiger partial charge is 0.545 e. The number of hydrogen-bond acceptors (Lipinski definition) is 5. The van der Waals surface area contributed by atoms with Crippen LogP contribution in [0.1, 0.15) is 16.1 Å². The number of rotatable bonds is 4. The first-order chi connectivity index (χ1) is 10.9. The molecule has 0 spiro atoms. The first kappa shape index (κ1) is 15.4. The molecule has 3 rings (SSSR count). The van der Waals surface area contributed by atoms with Crippen molar-refractivity contribution < 1.29 is 19.1 Å². The van der Waals surface area contributed by atoms with Crippen LogP contribution in [0.25, 0.3) is 11.3 Å². The topological polar surface area (TPSA) is 94.7 Å². The minimum absolute atomic E-state index is 0.00718. The fourth-order valence-electron chi connectivity index (χ4n) is 2.11. The Morgan fingerprint density at radius 2 is 2.13 bits per heavy atom. The normalized spacial score (nSPS) is 13.9. The van der Waals surface area contributed by atoms with Crippen molar-refractivity contribution in [1.82, 2.24) is 5.32 Å². The van der Waals surface area contributed by atoms with E-state index in [9.17, 15) is 14.7 Å². The number of furan rings is 1. The van der Waals surface area contributed by atoms with E-state index in [0.717, 1.165) is 0 Å². The lowest BCUT2D eigenvalue weighted by Crippen LogP contribution is -2.25. The van der Waals surface area contributed by atoms with E-state index >= 15 is 0 Å². The van der Waals surface area contributed by atoms with Gasteiger partial charge in [0.05, 0.1) is 17.4 Å². The predicted octanol–water partition coefficient (Wildman–Crippen LogP) is 1.36. The number of carbonyl (C=O) groups is 2. The summed E-state index contributed by atoms with van der Waals surface area (Å²) in [5, 5.41) is 13.8. The summed E-state index contributed by atoms with van der Waals surface area (Å²) in [7, 11) is 0. The molecule has 0 bridgehead atoms. The van der Waals surface area contributed by atoms with E-state index in [1.165, 1.54) is 18.2 Å². The molecule has 0 aliphatic carbocycles. The summed E-state index contributed by atoms with van der Waals surface area (Å²) in [6, 6.07) is 7.48. The van der Waals surface area contributed by atoms with Crippen LogP contribution in [0.5, 0.6) is 0 Å². The molecule has 0 fully saturated rings. The number of aromatic carboxylic acids is 1. The van der Waals surface area contributed by atoms with Crippen LogP contribution in [0.2, 0.25) is 5.02 Å². The van der Waals surface area contributed by atoms with E-state index in [1.54, 1.807) is 12.1 Å². The predicted molar refractivity (Wildman–Crippen MR) is 85.4 cm³/mol. The van der Waals surface area contributed by atoms with Gasteiger partial charge in [0.15, 0.2) is 5.11 Å². The molecule has 1 aliphatic heterocycles. The standard InChI is InChI=1S/C15H9ClN2O4S/c16-10-3-1-7(14(20)21)5-9(10)12-4-2-8(22-12)6-11-13(19)18-15(23)17-11/h1-5H,6H2,(H,20,21)(H,18,19,23)/p-1. The SMILES string of the molecule is O=C1NC(=S)N=C1Cc1ccc(-c2cc(C(=O)[O-])ccc2Cl)o1. The van der Waals surface area contributed by atoms with E-state index in [-0.39, 0.29) is 28.7 Å². The summed E-state index contributed by atoms with van der Waals surface area (Å²) < 4.78 is 5.63. The van der Waals surface area contributed by atoms with Gasteiger partial charge in [0.1, 0.15) is 17.2 Å². The maximum Gasteiger partial charge on any atom is 0.272 e. The zero-order chi connectivity index (χ0) is 16.6. The lowest BCUT2D eigenvalue weighted by Gasteiger charge is -2.06. The maximum absolute atomic E-state index is 11.6. The molecule has 0 saturated heterocycles. The van der Waals surface area contributed by atoms with Crippen molar-refractivity contribution in [2.24, 2.45) is 4.99 Å². The lowest BCUT2D eigenvalue weighted by molar-refractivity contribution is -0.255. The molecule has 1 aromatic carbocycles. The third kappa shape index (κ3) is 3.15. The van der Waals surface area contributed by atoms with Crippen molar-refractivity contribution >= 4 is 46.5 Å². The van der Waals surface area contributed by atoms with Gasteiger partial charge in [-0.25, -0.2) is 4.99 Å². The highest BCUT2D eigenvalue weighted by Crippen LogP contribution is 2.30. The summed E-state index contributed by atoms with van der Waals surface area (Å²) in [5.41, 5.74) is 0.672. The van der Waals surface area contributed by atoms with Crippen LogP contribution in [0, 0.1) is 0 Å². The van der Waals surface area contributed by atoms with Gasteiger partial charge in [-0.05, 0) is 42.0 Å². The number of thiocarbonyl (C=S) groups is 1. The molecule has 1 amide bonds. The average molecular weight is 348 g/mol. The molecule has 0 unspecified atom stereocenters. The number of amides is 1. The first-order valence-corrected chi connectivity index (χ1v) is 7.25. The third-order valence-corrected chi connectivity index (χ3v) is 3.71. The number of halogens is 1. The van der Waals surface area contributed by atoms with Gasteiger partial charge in [-0.15, -0.1) is 0 Å². The van der Waals surface area contributed by atoms with Crippen molar-refractivity contribution in [3.63, 3.8) is 0 Å². The minimum Gasteiger partial charge on any atom is -0.545 e. The van der Waals surface area contributed by atoms with E-state index < -0.39 is 5.97 Å². The highest BCUT2D eigenvalue weighted by Gasteiger charge is 2.22. The second-order valence-electron chi connectivity index (χ2n) is 4.74. The first-order valence-electron chi connectivity index (χ1n) is 6.47. The Labute approximate surface area is 140 Å². The van der Waals surface area contributed by atoms with Gasteiger partial charge in [0.2, 0.25) is 0 Å². The smallest absolute Gasteiger partial charge is 0.272 e. The number of nitrogens with one attached hydrogen (secondary N) is 1. The van der Waals surface area contributed by atoms with Gasteiger partial charge in [0, 0.05) is 5.56 Å². The Bertz CT molecular complexity index is 872. The number of carboxylic acid groups (broad SMARTS) is 1. The average Bonchev–Trinajstić information content (AvgIpc) is 3.06. The monoisotopic (exact) mass is 347 g/mol. The Morgan fingerprint density at radius 1 is 1.35 bits per heavy atom. The minimum atomic E-state index is -1.31. The van der Waals surface area contributed by atoms with Gasteiger partial charge in [0.25, 0.3) is 5.91 Å². The van der Waals surface area contributed by atoms with Gasteiger partial charge in [-0.1, -0.05) is 17.7 Å². The van der Waals surface area contributed by atoms with Crippen molar-refractivity contribution in [3.05, 3.63) is 46.7 Å². The third-order valence-electron chi connectivity index (χ3n) is 3.19. The van der Waals surface area contributed by atoms with Gasteiger partial charge >= 0.3 is 0 Å². The molecule has 0 atom stereocenters. The van der Waals surface area contributed by atoms with Crippen molar-refractivity contribution in [3.8, 4) is 11.3 Å².